The molecule has 0 aromatic heterocycles. The van der Waals surface area contributed by atoms with E-state index in [1.54, 1.807) is 7.11 Å². The van der Waals surface area contributed by atoms with E-state index in [4.69, 9.17) is 23.5 Å². The first-order chi connectivity index (χ1) is 10.8. The van der Waals surface area contributed by atoms with Gasteiger partial charge in [0.15, 0.2) is 6.10 Å². The Morgan fingerprint density at radius 1 is 0.957 bits per heavy atom. The van der Waals surface area contributed by atoms with Crippen LogP contribution < -0.4 is 10.2 Å². The SMILES string of the molecule is CO[C@@H]1COC[C@H]1Oc1ccc(B2OC(C)(C)C(C)(C)O2)cc1. The fraction of sp³-hybridized carbons (Fsp3) is 0.647. The van der Waals surface area contributed by atoms with Gasteiger partial charge in [0.2, 0.25) is 0 Å². The van der Waals surface area contributed by atoms with Crippen molar-refractivity contribution in [2.75, 3.05) is 20.3 Å². The van der Waals surface area contributed by atoms with Gasteiger partial charge in [-0.25, -0.2) is 0 Å². The van der Waals surface area contributed by atoms with Gasteiger partial charge in [-0.1, -0.05) is 12.1 Å². The Hall–Kier alpha value is -1.08. The van der Waals surface area contributed by atoms with Crippen LogP contribution in [-0.4, -0.2) is 50.9 Å². The summed E-state index contributed by atoms with van der Waals surface area (Å²) in [6.45, 7) is 9.33. The molecule has 6 heteroatoms. The molecule has 1 aromatic rings. The Balaban J connectivity index is 1.66. The molecule has 0 unspecified atom stereocenters. The van der Waals surface area contributed by atoms with Gasteiger partial charge in [-0.2, -0.15) is 0 Å². The van der Waals surface area contributed by atoms with E-state index in [1.807, 2.05) is 24.3 Å². The zero-order chi connectivity index (χ0) is 16.7. The Labute approximate surface area is 138 Å². The molecule has 0 aliphatic carbocycles. The van der Waals surface area contributed by atoms with E-state index in [2.05, 4.69) is 27.7 Å². The average Bonchev–Trinajstić information content (AvgIpc) is 3.02. The van der Waals surface area contributed by atoms with E-state index >= 15 is 0 Å². The minimum atomic E-state index is -0.351. The quantitative estimate of drug-likeness (QED) is 0.792. The van der Waals surface area contributed by atoms with E-state index in [1.165, 1.54) is 0 Å². The highest BCUT2D eigenvalue weighted by atomic mass is 16.7. The third kappa shape index (κ3) is 3.26. The van der Waals surface area contributed by atoms with Gasteiger partial charge in [0.25, 0.3) is 0 Å². The van der Waals surface area contributed by atoms with Gasteiger partial charge >= 0.3 is 7.12 Å². The lowest BCUT2D eigenvalue weighted by atomic mass is 9.79. The topological polar surface area (TPSA) is 46.2 Å². The van der Waals surface area contributed by atoms with Gasteiger partial charge in [0.05, 0.1) is 24.4 Å². The normalized spacial score (nSPS) is 29.0. The minimum absolute atomic E-state index is 0.0160. The summed E-state index contributed by atoms with van der Waals surface area (Å²) in [7, 11) is 1.33. The third-order valence-electron chi connectivity index (χ3n) is 4.97. The van der Waals surface area contributed by atoms with E-state index < -0.39 is 0 Å². The summed E-state index contributed by atoms with van der Waals surface area (Å²) >= 11 is 0. The van der Waals surface area contributed by atoms with Crippen LogP contribution in [0, 0.1) is 0 Å². The zero-order valence-corrected chi connectivity index (χ0v) is 14.5. The molecule has 2 aliphatic rings. The van der Waals surface area contributed by atoms with E-state index in [0.29, 0.717) is 13.2 Å². The van der Waals surface area contributed by atoms with Crippen LogP contribution in [0.2, 0.25) is 0 Å². The highest BCUT2D eigenvalue weighted by Crippen LogP contribution is 2.36. The van der Waals surface area contributed by atoms with Crippen LogP contribution >= 0.6 is 0 Å². The second kappa shape index (κ2) is 6.09. The maximum absolute atomic E-state index is 6.05. The summed E-state index contributed by atoms with van der Waals surface area (Å²) in [5, 5.41) is 0. The lowest BCUT2D eigenvalue weighted by Crippen LogP contribution is -2.41. The predicted octanol–water partition coefficient (Wildman–Crippen LogP) is 1.78. The molecule has 0 amide bonds. The standard InChI is InChI=1S/C17H25BO5/c1-16(2)17(3,4)23-18(22-16)12-6-8-13(9-7-12)21-15-11-20-10-14(15)19-5/h6-9,14-15H,10-11H2,1-5H3/t14-,15-/m1/s1. The van der Waals surface area contributed by atoms with Gasteiger partial charge in [0, 0.05) is 7.11 Å². The van der Waals surface area contributed by atoms with Gasteiger partial charge in [-0.05, 0) is 45.3 Å². The van der Waals surface area contributed by atoms with Crippen molar-refractivity contribution in [3.05, 3.63) is 24.3 Å². The molecular weight excluding hydrogens is 295 g/mol. The number of hydrogen-bond acceptors (Lipinski definition) is 5. The Bertz CT molecular complexity index is 526. The van der Waals surface area contributed by atoms with Crippen molar-refractivity contribution in [1.82, 2.24) is 0 Å². The van der Waals surface area contributed by atoms with Crippen molar-refractivity contribution < 1.29 is 23.5 Å². The zero-order valence-electron chi connectivity index (χ0n) is 14.5. The van der Waals surface area contributed by atoms with Gasteiger partial charge < -0.3 is 23.5 Å². The van der Waals surface area contributed by atoms with Crippen LogP contribution in [-0.2, 0) is 18.8 Å². The molecule has 3 rings (SSSR count). The van der Waals surface area contributed by atoms with Crippen LogP contribution in [0.1, 0.15) is 27.7 Å². The molecule has 2 fully saturated rings. The molecule has 0 N–H and O–H groups in total. The van der Waals surface area contributed by atoms with Crippen LogP contribution in [0.4, 0.5) is 0 Å². The third-order valence-corrected chi connectivity index (χ3v) is 4.97. The fourth-order valence-electron chi connectivity index (χ4n) is 2.70. The van der Waals surface area contributed by atoms with Crippen LogP contribution in [0.25, 0.3) is 0 Å². The first-order valence-electron chi connectivity index (χ1n) is 8.05. The Kier molecular flexibility index (Phi) is 4.44. The highest BCUT2D eigenvalue weighted by molar-refractivity contribution is 6.62. The average molecular weight is 320 g/mol. The van der Waals surface area contributed by atoms with Crippen LogP contribution in [0.3, 0.4) is 0 Å². The summed E-state index contributed by atoms with van der Waals surface area (Å²) in [6.07, 6.45) is -0.0829. The van der Waals surface area contributed by atoms with Gasteiger partial charge in [0.1, 0.15) is 11.9 Å². The lowest BCUT2D eigenvalue weighted by molar-refractivity contribution is 0.00578. The van der Waals surface area contributed by atoms with Crippen molar-refractivity contribution in [2.24, 2.45) is 0 Å². The van der Waals surface area contributed by atoms with Gasteiger partial charge in [-0.15, -0.1) is 0 Å². The summed E-state index contributed by atoms with van der Waals surface area (Å²) in [5.41, 5.74) is 0.321. The molecule has 2 heterocycles. The number of methoxy groups -OCH3 is 1. The molecule has 2 aliphatic heterocycles. The molecule has 23 heavy (non-hydrogen) atoms. The van der Waals surface area contributed by atoms with Crippen molar-refractivity contribution in [3.63, 3.8) is 0 Å². The molecule has 1 aromatic carbocycles. The number of benzene rings is 1. The second-order valence-corrected chi connectivity index (χ2v) is 7.13. The van der Waals surface area contributed by atoms with Crippen molar-refractivity contribution in [2.45, 2.75) is 51.1 Å². The fourth-order valence-corrected chi connectivity index (χ4v) is 2.70. The molecule has 2 saturated heterocycles. The number of rotatable bonds is 4. The van der Waals surface area contributed by atoms with Crippen LogP contribution in [0.15, 0.2) is 24.3 Å². The number of ether oxygens (including phenoxy) is 3. The van der Waals surface area contributed by atoms with Gasteiger partial charge in [-0.3, -0.25) is 0 Å². The van der Waals surface area contributed by atoms with E-state index in [0.717, 1.165) is 11.2 Å². The largest absolute Gasteiger partial charge is 0.494 e. The maximum Gasteiger partial charge on any atom is 0.494 e. The van der Waals surface area contributed by atoms with E-state index in [9.17, 15) is 0 Å². The molecule has 0 bridgehead atoms. The smallest absolute Gasteiger partial charge is 0.485 e. The Morgan fingerprint density at radius 2 is 1.52 bits per heavy atom. The van der Waals surface area contributed by atoms with Crippen molar-refractivity contribution >= 4 is 12.6 Å². The summed E-state index contributed by atoms with van der Waals surface area (Å²) in [6, 6.07) is 7.83. The van der Waals surface area contributed by atoms with E-state index in [-0.39, 0.29) is 30.5 Å². The predicted molar refractivity (Wildman–Crippen MR) is 88.2 cm³/mol. The number of hydrogen-bond donors (Lipinski definition) is 0. The molecular formula is C17H25BO5. The van der Waals surface area contributed by atoms with Crippen molar-refractivity contribution in [1.29, 1.82) is 0 Å². The molecule has 5 nitrogen and oxygen atoms in total. The molecule has 0 spiro atoms. The first-order valence-corrected chi connectivity index (χ1v) is 8.05. The molecule has 0 saturated carbocycles. The monoisotopic (exact) mass is 320 g/mol. The van der Waals surface area contributed by atoms with Crippen molar-refractivity contribution in [3.8, 4) is 5.75 Å². The minimum Gasteiger partial charge on any atom is -0.485 e. The lowest BCUT2D eigenvalue weighted by Gasteiger charge is -2.32. The second-order valence-electron chi connectivity index (χ2n) is 7.13. The molecule has 126 valence electrons. The Morgan fingerprint density at radius 3 is 2.09 bits per heavy atom. The molecule has 2 atom stereocenters. The summed E-state index contributed by atoms with van der Waals surface area (Å²) in [5.74, 6) is 0.794. The molecule has 0 radical (unpaired) electrons. The highest BCUT2D eigenvalue weighted by Gasteiger charge is 2.51. The first kappa shape index (κ1) is 16.8. The maximum atomic E-state index is 6.05. The summed E-state index contributed by atoms with van der Waals surface area (Å²) < 4.78 is 28.8. The summed E-state index contributed by atoms with van der Waals surface area (Å²) in [4.78, 5) is 0. The van der Waals surface area contributed by atoms with Crippen LogP contribution in [0.5, 0.6) is 5.75 Å².